The summed E-state index contributed by atoms with van der Waals surface area (Å²) in [5.41, 5.74) is 0. The van der Waals surface area contributed by atoms with Crippen molar-refractivity contribution in [3.63, 3.8) is 0 Å². The average Bonchev–Trinajstić information content (AvgIpc) is 3.18. The molecule has 0 aromatic rings. The van der Waals surface area contributed by atoms with Crippen LogP contribution in [-0.4, -0.2) is 273 Å². The lowest BCUT2D eigenvalue weighted by Crippen LogP contribution is -2.65. The molecule has 0 aromatic heterocycles. The van der Waals surface area contributed by atoms with Gasteiger partial charge in [0.15, 0.2) is 31.5 Å². The number of ether oxygens (including phenoxy) is 9. The van der Waals surface area contributed by atoms with Gasteiger partial charge in [-0.2, -0.15) is 0 Å². The van der Waals surface area contributed by atoms with E-state index in [1.807, 2.05) is 0 Å². The van der Waals surface area contributed by atoms with Crippen LogP contribution in [0.25, 0.3) is 0 Å². The Kier molecular flexibility index (Phi) is 16.1. The lowest BCUT2D eigenvalue weighted by Gasteiger charge is -2.46. The van der Waals surface area contributed by atoms with Gasteiger partial charge in [-0.15, -0.1) is 0 Å². The van der Waals surface area contributed by atoms with Gasteiger partial charge >= 0.3 is 0 Å². The van der Waals surface area contributed by atoms with Crippen molar-refractivity contribution < 1.29 is 129 Å². The van der Waals surface area contributed by atoms with Crippen LogP contribution in [0.2, 0.25) is 0 Å². The van der Waals surface area contributed by atoms with E-state index in [4.69, 9.17) is 42.6 Å². The van der Waals surface area contributed by atoms with Gasteiger partial charge < -0.3 is 129 Å². The third-order valence-corrected chi connectivity index (χ3v) is 10.3. The maximum Gasteiger partial charge on any atom is 0.187 e. The Balaban J connectivity index is 1.20. The SMILES string of the molecule is OC[C@H]1O[C@H](O[C@@H]2[C@H](O)[C@@H](OC[C@H]3O[C@H](OC[C@H]4OC(O)[C@@H](O)[C@@H](O[C@H]5O[C@H](CO)[C@@H](O)[C@H](O)[C@@H]5O)[C@@H]4O)[C@@H](O)[C@@H](O)[C@@H]3O)O[C@H](CO)[C@H]2O)[C@@H](O)[C@@H](O)[C@@H]1O. The lowest BCUT2D eigenvalue weighted by molar-refractivity contribution is -0.368. The van der Waals surface area contributed by atoms with E-state index in [0.717, 1.165) is 0 Å². The quantitative estimate of drug-likeness (QED) is 0.0819. The minimum atomic E-state index is -2.07. The fourth-order valence-electron chi connectivity index (χ4n) is 6.81. The highest BCUT2D eigenvalue weighted by Gasteiger charge is 2.54. The second kappa shape index (κ2) is 19.6. The molecule has 5 rings (SSSR count). The highest BCUT2D eigenvalue weighted by molar-refractivity contribution is 4.97. The molecule has 328 valence electrons. The molecule has 5 fully saturated rings. The molecular weight excluding hydrogens is 776 g/mol. The molecule has 0 aliphatic carbocycles. The maximum atomic E-state index is 11.0. The first-order valence-electron chi connectivity index (χ1n) is 17.6. The van der Waals surface area contributed by atoms with Crippen LogP contribution >= 0.6 is 0 Å². The molecule has 5 aliphatic rings. The molecule has 17 N–H and O–H groups in total. The molecule has 5 saturated heterocycles. The summed E-state index contributed by atoms with van der Waals surface area (Å²) in [5, 5.41) is 175. The molecule has 0 amide bonds. The minimum absolute atomic E-state index is 0.768. The van der Waals surface area contributed by atoms with Gasteiger partial charge in [-0.1, -0.05) is 0 Å². The summed E-state index contributed by atoms with van der Waals surface area (Å²) in [5.74, 6) is 0. The molecule has 26 heteroatoms. The number of rotatable bonds is 13. The Morgan fingerprint density at radius 3 is 1.09 bits per heavy atom. The van der Waals surface area contributed by atoms with Gasteiger partial charge in [0.25, 0.3) is 0 Å². The van der Waals surface area contributed by atoms with Crippen LogP contribution in [0.1, 0.15) is 0 Å². The third kappa shape index (κ3) is 9.46. The summed E-state index contributed by atoms with van der Waals surface area (Å²) >= 11 is 0. The van der Waals surface area contributed by atoms with E-state index < -0.39 is 187 Å². The van der Waals surface area contributed by atoms with Gasteiger partial charge in [-0.25, -0.2) is 0 Å². The second-order valence-electron chi connectivity index (χ2n) is 14.0. The molecule has 5 heterocycles. The Labute approximate surface area is 316 Å². The summed E-state index contributed by atoms with van der Waals surface area (Å²) in [4.78, 5) is 0. The molecule has 5 aliphatic heterocycles. The monoisotopic (exact) mass is 828 g/mol. The fraction of sp³-hybridized carbons (Fsp3) is 1.00. The highest BCUT2D eigenvalue weighted by atomic mass is 16.8. The standard InChI is InChI=1S/C30H52O26/c31-1-6-11(34)16(39)20(43)29(52-6)55-24-15(38)10(50-26(47)22(24)45)5-48-27-19(42)18(41)13(36)9(54-27)4-49-28-23(46)25(14(37)8(3-33)51-28)56-30-21(44)17(40)12(35)7(2-32)53-30/h6-47H,1-5H2/t6-,7-,8-,9-,10-,11-,12-,13-,14-,15-,16+,17+,18+,19+,20+,21+,22+,23+,24+,25+,26?,27+,28+,29-,30-/m1/s1. The zero-order valence-electron chi connectivity index (χ0n) is 29.2. The second-order valence-corrected chi connectivity index (χ2v) is 14.0. The zero-order valence-corrected chi connectivity index (χ0v) is 29.2. The first-order chi connectivity index (χ1) is 26.4. The molecule has 26 nitrogen and oxygen atoms in total. The Bertz CT molecular complexity index is 1200. The number of hydrogen-bond donors (Lipinski definition) is 17. The Morgan fingerprint density at radius 1 is 0.304 bits per heavy atom. The van der Waals surface area contributed by atoms with E-state index in [2.05, 4.69) is 0 Å². The van der Waals surface area contributed by atoms with Gasteiger partial charge in [-0.3, -0.25) is 0 Å². The Morgan fingerprint density at radius 2 is 0.625 bits per heavy atom. The molecule has 0 aromatic carbocycles. The molecule has 0 bridgehead atoms. The van der Waals surface area contributed by atoms with E-state index >= 15 is 0 Å². The predicted molar refractivity (Wildman–Crippen MR) is 167 cm³/mol. The normalized spacial score (nSPS) is 53.2. The van der Waals surface area contributed by atoms with Crippen LogP contribution in [-0.2, 0) is 42.6 Å². The van der Waals surface area contributed by atoms with E-state index in [0.29, 0.717) is 0 Å². The summed E-state index contributed by atoms with van der Waals surface area (Å²) in [6, 6.07) is 0. The zero-order chi connectivity index (χ0) is 41.3. The first-order valence-corrected chi connectivity index (χ1v) is 17.6. The van der Waals surface area contributed by atoms with Gasteiger partial charge in [-0.05, 0) is 0 Å². The summed E-state index contributed by atoms with van der Waals surface area (Å²) in [7, 11) is 0. The van der Waals surface area contributed by atoms with Gasteiger partial charge in [0.05, 0.1) is 33.0 Å². The lowest BCUT2D eigenvalue weighted by atomic mass is 9.96. The van der Waals surface area contributed by atoms with Gasteiger partial charge in [0.2, 0.25) is 0 Å². The molecular formula is C30H52O26. The topological polar surface area (TPSA) is 427 Å². The highest BCUT2D eigenvalue weighted by Crippen LogP contribution is 2.32. The van der Waals surface area contributed by atoms with Crippen molar-refractivity contribution in [3.8, 4) is 0 Å². The van der Waals surface area contributed by atoms with Crippen LogP contribution in [0.5, 0.6) is 0 Å². The minimum Gasteiger partial charge on any atom is -0.394 e. The van der Waals surface area contributed by atoms with Crippen molar-refractivity contribution in [2.75, 3.05) is 33.0 Å². The van der Waals surface area contributed by atoms with Crippen molar-refractivity contribution in [1.29, 1.82) is 0 Å². The van der Waals surface area contributed by atoms with Crippen LogP contribution < -0.4 is 0 Å². The maximum absolute atomic E-state index is 11.0. The molecule has 0 spiro atoms. The van der Waals surface area contributed by atoms with Gasteiger partial charge in [0, 0.05) is 0 Å². The fourth-order valence-corrected chi connectivity index (χ4v) is 6.81. The van der Waals surface area contributed by atoms with E-state index in [1.54, 1.807) is 0 Å². The van der Waals surface area contributed by atoms with Crippen LogP contribution in [0, 0.1) is 0 Å². The number of aliphatic hydroxyl groups excluding tert-OH is 17. The smallest absolute Gasteiger partial charge is 0.187 e. The summed E-state index contributed by atoms with van der Waals surface area (Å²) in [6.45, 7) is -4.06. The summed E-state index contributed by atoms with van der Waals surface area (Å²) < 4.78 is 48.6. The number of aliphatic hydroxyl groups is 17. The van der Waals surface area contributed by atoms with Crippen molar-refractivity contribution in [2.45, 2.75) is 154 Å². The number of hydrogen-bond acceptors (Lipinski definition) is 26. The van der Waals surface area contributed by atoms with E-state index in [-0.39, 0.29) is 0 Å². The van der Waals surface area contributed by atoms with Crippen molar-refractivity contribution in [3.05, 3.63) is 0 Å². The average molecular weight is 829 g/mol. The first kappa shape index (κ1) is 46.0. The van der Waals surface area contributed by atoms with Crippen LogP contribution in [0.4, 0.5) is 0 Å². The molecule has 0 saturated carbocycles. The van der Waals surface area contributed by atoms with E-state index in [9.17, 15) is 86.8 Å². The van der Waals surface area contributed by atoms with Crippen molar-refractivity contribution in [1.82, 2.24) is 0 Å². The van der Waals surface area contributed by atoms with E-state index in [1.165, 1.54) is 0 Å². The van der Waals surface area contributed by atoms with Crippen LogP contribution in [0.3, 0.4) is 0 Å². The molecule has 0 radical (unpaired) electrons. The van der Waals surface area contributed by atoms with Crippen molar-refractivity contribution >= 4 is 0 Å². The summed E-state index contributed by atoms with van der Waals surface area (Å²) in [6.07, 6.45) is -45.2. The van der Waals surface area contributed by atoms with Gasteiger partial charge in [0.1, 0.15) is 122 Å². The molecule has 25 atom stereocenters. The largest absolute Gasteiger partial charge is 0.394 e. The molecule has 56 heavy (non-hydrogen) atoms. The molecule has 1 unspecified atom stereocenters. The van der Waals surface area contributed by atoms with Crippen LogP contribution in [0.15, 0.2) is 0 Å². The Hall–Kier alpha value is -1.04. The van der Waals surface area contributed by atoms with Crippen molar-refractivity contribution in [2.24, 2.45) is 0 Å². The predicted octanol–water partition coefficient (Wildman–Crippen LogP) is -11.9. The third-order valence-electron chi connectivity index (χ3n) is 10.3.